The maximum atomic E-state index is 13.5. The minimum atomic E-state index is -0.990. The fourth-order valence-electron chi connectivity index (χ4n) is 4.87. The third-order valence-corrected chi connectivity index (χ3v) is 8.03. The number of alkyl carbamates (subject to hydrolysis) is 1. The van der Waals surface area contributed by atoms with E-state index in [1.54, 1.807) is 36.3 Å². The molecule has 0 radical (unpaired) electrons. The van der Waals surface area contributed by atoms with Gasteiger partial charge in [-0.15, -0.1) is 0 Å². The van der Waals surface area contributed by atoms with Crippen molar-refractivity contribution >= 4 is 41.1 Å². The second-order valence-electron chi connectivity index (χ2n) is 11.2. The number of hydrogen-bond acceptors (Lipinski definition) is 5. The summed E-state index contributed by atoms with van der Waals surface area (Å²) in [5.41, 5.74) is 2.59. The first-order chi connectivity index (χ1) is 21.7. The Kier molecular flexibility index (Phi) is 15.2. The highest BCUT2D eigenvalue weighted by molar-refractivity contribution is 6.42. The van der Waals surface area contributed by atoms with Crippen LogP contribution in [0.3, 0.4) is 0 Å². The molecule has 0 fully saturated rings. The molecule has 0 aliphatic rings. The summed E-state index contributed by atoms with van der Waals surface area (Å²) in [5.74, 6) is -0.724. The second kappa shape index (κ2) is 19.0. The number of nitrogens with zero attached hydrogens (tertiary/aromatic N) is 1. The quantitative estimate of drug-likeness (QED) is 0.171. The summed E-state index contributed by atoms with van der Waals surface area (Å²) in [6.45, 7) is 5.37. The normalized spacial score (nSPS) is 12.3. The number of rotatable bonds is 17. The Morgan fingerprint density at radius 2 is 1.56 bits per heavy atom. The number of halogens is 2. The Morgan fingerprint density at radius 1 is 0.867 bits per heavy atom. The molecule has 3 aromatic rings. The first-order valence-electron chi connectivity index (χ1n) is 15.2. The van der Waals surface area contributed by atoms with Gasteiger partial charge in [0.1, 0.15) is 0 Å². The average Bonchev–Trinajstić information content (AvgIpc) is 3.03. The van der Waals surface area contributed by atoms with Crippen LogP contribution in [-0.2, 0) is 27.1 Å². The maximum Gasteiger partial charge on any atom is 0.407 e. The molecule has 3 rings (SSSR count). The van der Waals surface area contributed by atoms with Gasteiger partial charge in [0.2, 0.25) is 0 Å². The van der Waals surface area contributed by atoms with E-state index in [-0.39, 0.29) is 23.8 Å². The largest absolute Gasteiger partial charge is 0.436 e. The Bertz CT molecular complexity index is 1360. The topological polar surface area (TPSA) is 97.0 Å². The maximum absolute atomic E-state index is 13.5. The van der Waals surface area contributed by atoms with Crippen molar-refractivity contribution in [1.82, 2.24) is 15.5 Å². The first kappa shape index (κ1) is 35.9. The molecule has 2 N–H and O–H groups in total. The van der Waals surface area contributed by atoms with Crippen LogP contribution in [0.1, 0.15) is 48.2 Å². The summed E-state index contributed by atoms with van der Waals surface area (Å²) in [7, 11) is 1.60. The van der Waals surface area contributed by atoms with Crippen molar-refractivity contribution in [3.05, 3.63) is 106 Å². The van der Waals surface area contributed by atoms with E-state index in [0.717, 1.165) is 11.1 Å². The van der Waals surface area contributed by atoms with Gasteiger partial charge in [0.25, 0.3) is 11.8 Å². The number of benzene rings is 3. The van der Waals surface area contributed by atoms with Crippen LogP contribution in [0.4, 0.5) is 4.79 Å². The highest BCUT2D eigenvalue weighted by atomic mass is 35.5. The number of carbonyl (C=O) groups excluding carboxylic acids is 3. The van der Waals surface area contributed by atoms with Crippen molar-refractivity contribution in [2.75, 3.05) is 33.4 Å². The summed E-state index contributed by atoms with van der Waals surface area (Å²) < 4.78 is 10.8. The monoisotopic (exact) mass is 655 g/mol. The van der Waals surface area contributed by atoms with Crippen LogP contribution in [0, 0.1) is 5.92 Å². The lowest BCUT2D eigenvalue weighted by molar-refractivity contribution is -0.132. The van der Waals surface area contributed by atoms with Gasteiger partial charge in [0, 0.05) is 38.3 Å². The van der Waals surface area contributed by atoms with Gasteiger partial charge in [0.05, 0.1) is 16.7 Å². The average molecular weight is 657 g/mol. The van der Waals surface area contributed by atoms with Crippen LogP contribution in [0.25, 0.3) is 0 Å². The van der Waals surface area contributed by atoms with Gasteiger partial charge in [-0.2, -0.15) is 0 Å². The molecule has 0 saturated carbocycles. The van der Waals surface area contributed by atoms with Gasteiger partial charge in [-0.3, -0.25) is 9.59 Å². The zero-order valence-electron chi connectivity index (χ0n) is 26.1. The van der Waals surface area contributed by atoms with Crippen LogP contribution in [0.2, 0.25) is 10.0 Å². The van der Waals surface area contributed by atoms with Crippen molar-refractivity contribution in [2.24, 2.45) is 5.92 Å². The predicted molar refractivity (Wildman–Crippen MR) is 179 cm³/mol. The van der Waals surface area contributed by atoms with E-state index in [0.29, 0.717) is 67.5 Å². The molecule has 0 spiro atoms. The van der Waals surface area contributed by atoms with Gasteiger partial charge in [-0.05, 0) is 67.0 Å². The second-order valence-corrected chi connectivity index (χ2v) is 12.0. The van der Waals surface area contributed by atoms with Crippen molar-refractivity contribution in [3.63, 3.8) is 0 Å². The fraction of sp³-hybridized carbons (Fsp3) is 0.400. The molecule has 10 heteroatoms. The zero-order chi connectivity index (χ0) is 32.6. The van der Waals surface area contributed by atoms with Crippen molar-refractivity contribution in [3.8, 4) is 0 Å². The smallest absolute Gasteiger partial charge is 0.407 e. The molecule has 45 heavy (non-hydrogen) atoms. The number of nitrogens with one attached hydrogen (secondary N) is 2. The van der Waals surface area contributed by atoms with Gasteiger partial charge >= 0.3 is 6.09 Å². The van der Waals surface area contributed by atoms with E-state index < -0.39 is 12.2 Å². The molecule has 0 aliphatic heterocycles. The van der Waals surface area contributed by atoms with Gasteiger partial charge in [-0.1, -0.05) is 91.6 Å². The van der Waals surface area contributed by atoms with Gasteiger partial charge < -0.3 is 25.0 Å². The van der Waals surface area contributed by atoms with Crippen LogP contribution >= 0.6 is 23.2 Å². The summed E-state index contributed by atoms with van der Waals surface area (Å²) >= 11 is 12.4. The molecular weight excluding hydrogens is 613 g/mol. The van der Waals surface area contributed by atoms with Crippen molar-refractivity contribution in [1.29, 1.82) is 0 Å². The molecule has 3 aromatic carbocycles. The first-order valence-corrected chi connectivity index (χ1v) is 16.0. The van der Waals surface area contributed by atoms with E-state index in [4.69, 9.17) is 32.7 Å². The van der Waals surface area contributed by atoms with E-state index >= 15 is 0 Å². The Morgan fingerprint density at radius 3 is 2.20 bits per heavy atom. The van der Waals surface area contributed by atoms with E-state index in [1.165, 1.54) is 0 Å². The molecule has 0 aromatic heterocycles. The number of carbonyl (C=O) groups is 3. The summed E-state index contributed by atoms with van der Waals surface area (Å²) in [6, 6.07) is 24.0. The minimum Gasteiger partial charge on any atom is -0.436 e. The lowest BCUT2D eigenvalue weighted by Gasteiger charge is -2.27. The molecule has 0 heterocycles. The third kappa shape index (κ3) is 12.4. The molecule has 3 amide bonds. The molecule has 0 bridgehead atoms. The molecule has 0 saturated heterocycles. The molecule has 8 nitrogen and oxygen atoms in total. The minimum absolute atomic E-state index is 0.0794. The Labute approximate surface area is 276 Å². The number of amides is 3. The van der Waals surface area contributed by atoms with Crippen molar-refractivity contribution in [2.45, 2.75) is 51.7 Å². The number of hydrogen-bond donors (Lipinski definition) is 2. The van der Waals surface area contributed by atoms with Crippen LogP contribution in [-0.4, -0.2) is 68.3 Å². The number of methoxy groups -OCH3 is 1. The SMILES string of the molecule is COCCN(CCCC(Cc1ccc(Cl)c(Cl)c1)NC(=O)C(OC(=O)NCCc1ccccc1)C(C)C)C(=O)c1ccccc1. The van der Waals surface area contributed by atoms with Crippen molar-refractivity contribution < 1.29 is 23.9 Å². The Hall–Kier alpha value is -3.59. The summed E-state index contributed by atoms with van der Waals surface area (Å²) in [5, 5.41) is 6.72. The molecule has 242 valence electrons. The van der Waals surface area contributed by atoms with Crippen LogP contribution in [0.5, 0.6) is 0 Å². The predicted octanol–water partition coefficient (Wildman–Crippen LogP) is 6.58. The van der Waals surface area contributed by atoms with E-state index in [2.05, 4.69) is 10.6 Å². The fourth-order valence-corrected chi connectivity index (χ4v) is 5.19. The van der Waals surface area contributed by atoms with Gasteiger partial charge in [-0.25, -0.2) is 4.79 Å². The van der Waals surface area contributed by atoms with Gasteiger partial charge in [0.15, 0.2) is 6.10 Å². The zero-order valence-corrected chi connectivity index (χ0v) is 27.7. The number of ether oxygens (including phenoxy) is 2. The molecule has 2 atom stereocenters. The van der Waals surface area contributed by atoms with E-state index in [9.17, 15) is 14.4 Å². The molecular formula is C35H43Cl2N3O5. The van der Waals surface area contributed by atoms with E-state index in [1.807, 2.05) is 68.4 Å². The van der Waals surface area contributed by atoms with Crippen LogP contribution < -0.4 is 10.6 Å². The molecule has 0 aliphatic carbocycles. The lowest BCUT2D eigenvalue weighted by atomic mass is 9.99. The highest BCUT2D eigenvalue weighted by Gasteiger charge is 2.28. The summed E-state index contributed by atoms with van der Waals surface area (Å²) in [6.07, 6.45) is 0.660. The Balaban J connectivity index is 1.66. The summed E-state index contributed by atoms with van der Waals surface area (Å²) in [4.78, 5) is 41.1. The van der Waals surface area contributed by atoms with Crippen LogP contribution in [0.15, 0.2) is 78.9 Å². The highest BCUT2D eigenvalue weighted by Crippen LogP contribution is 2.24. The lowest BCUT2D eigenvalue weighted by Crippen LogP contribution is -2.47. The molecule has 2 unspecified atom stereocenters. The standard InChI is InChI=1S/C35H43Cl2N3O5/c1-25(2)32(45-35(43)38-19-18-26-11-6-4-7-12-26)33(41)39-29(23-27-16-17-30(36)31(37)24-27)15-10-20-40(21-22-44-3)34(42)28-13-8-5-9-14-28/h4-9,11-14,16-17,24-25,29,32H,10,15,18-23H2,1-3H3,(H,38,43)(H,39,41). The third-order valence-electron chi connectivity index (χ3n) is 7.29.